The molecular weight excluding hydrogens is 226 g/mol. The highest BCUT2D eigenvalue weighted by molar-refractivity contribution is 5.59. The average molecular weight is 247 g/mol. The summed E-state index contributed by atoms with van der Waals surface area (Å²) in [6.45, 7) is 1.76. The van der Waals surface area contributed by atoms with Gasteiger partial charge in [-0.25, -0.2) is 0 Å². The number of benzene rings is 1. The van der Waals surface area contributed by atoms with E-state index in [9.17, 15) is 5.11 Å². The molecule has 0 bridgehead atoms. The summed E-state index contributed by atoms with van der Waals surface area (Å²) in [6.07, 6.45) is 5.24. The fraction of sp³-hybridized carbons (Fsp3) is 0.600. The molecule has 1 aromatic carbocycles. The summed E-state index contributed by atoms with van der Waals surface area (Å²) in [5.41, 5.74) is 1.15. The summed E-state index contributed by atoms with van der Waals surface area (Å²) in [6, 6.07) is 8.47. The largest absolute Gasteiger partial charge is 0.491 e. The van der Waals surface area contributed by atoms with Crippen molar-refractivity contribution in [3.63, 3.8) is 0 Å². The van der Waals surface area contributed by atoms with Crippen LogP contribution < -0.4 is 9.64 Å². The lowest BCUT2D eigenvalue weighted by atomic mass is 9.91. The molecule has 0 spiro atoms. The van der Waals surface area contributed by atoms with E-state index in [4.69, 9.17) is 4.74 Å². The molecule has 2 atom stereocenters. The lowest BCUT2D eigenvalue weighted by Crippen LogP contribution is -2.46. The number of nitrogens with zero attached hydrogens (tertiary/aromatic N) is 1. The molecule has 0 radical (unpaired) electrons. The van der Waals surface area contributed by atoms with E-state index in [-0.39, 0.29) is 12.1 Å². The molecular formula is C15H21NO2. The molecule has 1 saturated carbocycles. The van der Waals surface area contributed by atoms with Crippen molar-refractivity contribution in [3.05, 3.63) is 24.3 Å². The molecule has 1 aromatic rings. The second-order valence-corrected chi connectivity index (χ2v) is 5.28. The van der Waals surface area contributed by atoms with Gasteiger partial charge in [0.1, 0.15) is 5.75 Å². The third kappa shape index (κ3) is 2.19. The van der Waals surface area contributed by atoms with Gasteiger partial charge >= 0.3 is 0 Å². The van der Waals surface area contributed by atoms with Gasteiger partial charge in [-0.1, -0.05) is 25.0 Å². The van der Waals surface area contributed by atoms with Gasteiger partial charge in [0, 0.05) is 6.54 Å². The van der Waals surface area contributed by atoms with Crippen LogP contribution in [0.25, 0.3) is 0 Å². The minimum Gasteiger partial charge on any atom is -0.491 e. The predicted octanol–water partition coefficient (Wildman–Crippen LogP) is 2.58. The first-order valence-electron chi connectivity index (χ1n) is 7.03. The van der Waals surface area contributed by atoms with Crippen molar-refractivity contribution < 1.29 is 9.84 Å². The topological polar surface area (TPSA) is 32.7 Å². The molecule has 98 valence electrons. The van der Waals surface area contributed by atoms with Crippen LogP contribution >= 0.6 is 0 Å². The van der Waals surface area contributed by atoms with E-state index in [0.717, 1.165) is 50.3 Å². The smallest absolute Gasteiger partial charge is 0.142 e. The van der Waals surface area contributed by atoms with Crippen molar-refractivity contribution in [2.45, 2.75) is 44.2 Å². The first kappa shape index (κ1) is 11.8. The predicted molar refractivity (Wildman–Crippen MR) is 72.2 cm³/mol. The van der Waals surface area contributed by atoms with E-state index < -0.39 is 0 Å². The monoisotopic (exact) mass is 247 g/mol. The molecule has 1 aliphatic carbocycles. The maximum absolute atomic E-state index is 10.3. The van der Waals surface area contributed by atoms with Gasteiger partial charge < -0.3 is 14.7 Å². The number of aliphatic hydroxyl groups excluding tert-OH is 1. The summed E-state index contributed by atoms with van der Waals surface area (Å²) in [5, 5.41) is 10.3. The molecule has 1 aliphatic heterocycles. The second-order valence-electron chi connectivity index (χ2n) is 5.28. The molecule has 18 heavy (non-hydrogen) atoms. The Bertz CT molecular complexity index is 407. The molecule has 0 aromatic heterocycles. The zero-order chi connectivity index (χ0) is 12.4. The van der Waals surface area contributed by atoms with Crippen molar-refractivity contribution in [3.8, 4) is 5.75 Å². The fourth-order valence-electron chi connectivity index (χ4n) is 3.15. The van der Waals surface area contributed by atoms with Crippen LogP contribution in [-0.4, -0.2) is 30.4 Å². The summed E-state index contributed by atoms with van der Waals surface area (Å²) >= 11 is 0. The van der Waals surface area contributed by atoms with Crippen LogP contribution in [0.3, 0.4) is 0 Å². The zero-order valence-electron chi connectivity index (χ0n) is 10.7. The van der Waals surface area contributed by atoms with Crippen molar-refractivity contribution in [1.82, 2.24) is 0 Å². The molecule has 2 aliphatic rings. The summed E-state index contributed by atoms with van der Waals surface area (Å²) in [5.74, 6) is 0.966. The number of hydrogen-bond acceptors (Lipinski definition) is 3. The highest BCUT2D eigenvalue weighted by Crippen LogP contribution is 2.35. The Hall–Kier alpha value is -1.22. The number of hydrogen-bond donors (Lipinski definition) is 1. The van der Waals surface area contributed by atoms with Crippen LogP contribution in [0.15, 0.2) is 24.3 Å². The third-order valence-electron chi connectivity index (χ3n) is 4.07. The number of anilines is 1. The summed E-state index contributed by atoms with van der Waals surface area (Å²) in [7, 11) is 0. The van der Waals surface area contributed by atoms with Gasteiger partial charge in [-0.3, -0.25) is 0 Å². The van der Waals surface area contributed by atoms with Crippen LogP contribution in [0.5, 0.6) is 5.75 Å². The molecule has 0 unspecified atom stereocenters. The van der Waals surface area contributed by atoms with Gasteiger partial charge in [0.05, 0.1) is 24.4 Å². The van der Waals surface area contributed by atoms with Gasteiger partial charge in [-0.2, -0.15) is 0 Å². The van der Waals surface area contributed by atoms with Crippen LogP contribution in [0.2, 0.25) is 0 Å². The molecule has 0 saturated heterocycles. The highest BCUT2D eigenvalue weighted by Gasteiger charge is 2.30. The maximum atomic E-state index is 10.3. The number of ether oxygens (including phenoxy) is 1. The molecule has 3 rings (SSSR count). The molecule has 3 nitrogen and oxygen atoms in total. The van der Waals surface area contributed by atoms with E-state index in [1.54, 1.807) is 0 Å². The van der Waals surface area contributed by atoms with Crippen LogP contribution in [0.4, 0.5) is 5.69 Å². The normalized spacial score (nSPS) is 28.2. The van der Waals surface area contributed by atoms with Gasteiger partial charge in [0.15, 0.2) is 0 Å². The standard InChI is InChI=1S/C15H21NO2/c17-14-8-3-1-6-12(14)16-10-5-11-18-15-9-4-2-7-13(15)16/h2,4,7,9,12,14,17H,1,3,5-6,8,10-11H2/t12-,14-/m1/s1. The summed E-state index contributed by atoms with van der Waals surface area (Å²) in [4.78, 5) is 2.37. The average Bonchev–Trinajstić information content (AvgIpc) is 2.62. The van der Waals surface area contributed by atoms with E-state index in [0.29, 0.717) is 0 Å². The minimum atomic E-state index is -0.190. The Kier molecular flexibility index (Phi) is 3.41. The second kappa shape index (κ2) is 5.19. The molecule has 1 N–H and O–H groups in total. The lowest BCUT2D eigenvalue weighted by Gasteiger charge is -2.38. The van der Waals surface area contributed by atoms with Gasteiger partial charge in [0.25, 0.3) is 0 Å². The van der Waals surface area contributed by atoms with Gasteiger partial charge in [-0.05, 0) is 31.4 Å². The Balaban J connectivity index is 1.91. The van der Waals surface area contributed by atoms with Crippen LogP contribution in [0, 0.1) is 0 Å². The highest BCUT2D eigenvalue weighted by atomic mass is 16.5. The van der Waals surface area contributed by atoms with Gasteiger partial charge in [0.2, 0.25) is 0 Å². The summed E-state index contributed by atoms with van der Waals surface area (Å²) < 4.78 is 5.78. The first-order valence-corrected chi connectivity index (χ1v) is 7.03. The fourth-order valence-corrected chi connectivity index (χ4v) is 3.15. The molecule has 0 amide bonds. The number of fused-ring (bicyclic) bond motifs is 1. The maximum Gasteiger partial charge on any atom is 0.142 e. The quantitative estimate of drug-likeness (QED) is 0.828. The van der Waals surface area contributed by atoms with Crippen LogP contribution in [-0.2, 0) is 0 Å². The Morgan fingerprint density at radius 2 is 1.94 bits per heavy atom. The number of para-hydroxylation sites is 2. The SMILES string of the molecule is O[C@@H]1CCCC[C@H]1N1CCCOc2ccccc21. The lowest BCUT2D eigenvalue weighted by molar-refractivity contribution is 0.104. The van der Waals surface area contributed by atoms with E-state index >= 15 is 0 Å². The molecule has 1 fully saturated rings. The van der Waals surface area contributed by atoms with E-state index in [2.05, 4.69) is 17.0 Å². The van der Waals surface area contributed by atoms with Crippen molar-refractivity contribution >= 4 is 5.69 Å². The number of rotatable bonds is 1. The van der Waals surface area contributed by atoms with E-state index in [1.807, 2.05) is 12.1 Å². The Labute approximate surface area is 108 Å². The molecule has 1 heterocycles. The van der Waals surface area contributed by atoms with Crippen molar-refractivity contribution in [1.29, 1.82) is 0 Å². The Morgan fingerprint density at radius 3 is 2.83 bits per heavy atom. The number of aliphatic hydroxyl groups is 1. The zero-order valence-corrected chi connectivity index (χ0v) is 10.7. The van der Waals surface area contributed by atoms with Crippen molar-refractivity contribution in [2.75, 3.05) is 18.1 Å². The first-order chi connectivity index (χ1) is 8.86. The van der Waals surface area contributed by atoms with E-state index in [1.165, 1.54) is 6.42 Å². The van der Waals surface area contributed by atoms with Crippen LogP contribution in [0.1, 0.15) is 32.1 Å². The Morgan fingerprint density at radius 1 is 1.11 bits per heavy atom. The minimum absolute atomic E-state index is 0.190. The molecule has 3 heteroatoms. The van der Waals surface area contributed by atoms with Crippen molar-refractivity contribution in [2.24, 2.45) is 0 Å². The van der Waals surface area contributed by atoms with Gasteiger partial charge in [-0.15, -0.1) is 0 Å². The third-order valence-corrected chi connectivity index (χ3v) is 4.07.